The highest BCUT2D eigenvalue weighted by molar-refractivity contribution is 6.08. The number of anilines is 2. The van der Waals surface area contributed by atoms with E-state index in [-0.39, 0.29) is 17.7 Å². The highest BCUT2D eigenvalue weighted by atomic mass is 16.5. The SMILES string of the molecule is CCn1c2ccccc2c2cc([C@H]3Nc4ccccc4NC4=C3C(=O)C[C@H](c3ccc(OC)c(OC)c3)C4)ccc21. The maximum absolute atomic E-state index is 14.1. The van der Waals surface area contributed by atoms with Crippen LogP contribution in [0.25, 0.3) is 21.8 Å². The maximum Gasteiger partial charge on any atom is 0.163 e. The van der Waals surface area contributed by atoms with Crippen LogP contribution in [0.5, 0.6) is 11.5 Å². The molecule has 41 heavy (non-hydrogen) atoms. The van der Waals surface area contributed by atoms with E-state index in [4.69, 9.17) is 9.47 Å². The van der Waals surface area contributed by atoms with E-state index in [0.29, 0.717) is 17.9 Å². The third kappa shape index (κ3) is 4.13. The van der Waals surface area contributed by atoms with Crippen molar-refractivity contribution in [3.05, 3.63) is 107 Å². The van der Waals surface area contributed by atoms with Crippen molar-refractivity contribution in [2.24, 2.45) is 0 Å². The molecule has 1 aliphatic carbocycles. The average molecular weight is 544 g/mol. The third-order valence-corrected chi connectivity index (χ3v) is 8.63. The van der Waals surface area contributed by atoms with Gasteiger partial charge in [-0.05, 0) is 72.9 Å². The monoisotopic (exact) mass is 543 g/mol. The number of hydrogen-bond donors (Lipinski definition) is 2. The molecular formula is C35H33N3O3. The van der Waals surface area contributed by atoms with Crippen molar-refractivity contribution in [1.29, 1.82) is 0 Å². The number of Topliss-reactive ketones (excluding diaryl/α,β-unsaturated/α-hetero) is 1. The molecule has 0 bridgehead atoms. The fraction of sp³-hybridized carbons (Fsp3) is 0.229. The van der Waals surface area contributed by atoms with Crippen LogP contribution in [-0.2, 0) is 11.3 Å². The minimum Gasteiger partial charge on any atom is -0.493 e. The average Bonchev–Trinajstić information content (AvgIpc) is 3.22. The summed E-state index contributed by atoms with van der Waals surface area (Å²) in [5.74, 6) is 1.55. The highest BCUT2D eigenvalue weighted by Gasteiger charge is 2.36. The summed E-state index contributed by atoms with van der Waals surface area (Å²) >= 11 is 0. The smallest absolute Gasteiger partial charge is 0.163 e. The van der Waals surface area contributed by atoms with Gasteiger partial charge in [-0.1, -0.05) is 42.5 Å². The van der Waals surface area contributed by atoms with E-state index in [1.54, 1.807) is 14.2 Å². The molecule has 4 aromatic carbocycles. The van der Waals surface area contributed by atoms with Crippen LogP contribution < -0.4 is 20.1 Å². The Hall–Kier alpha value is -4.71. The van der Waals surface area contributed by atoms with Crippen molar-refractivity contribution >= 4 is 39.0 Å². The molecule has 2 atom stereocenters. The number of methoxy groups -OCH3 is 2. The van der Waals surface area contributed by atoms with Crippen molar-refractivity contribution in [3.8, 4) is 11.5 Å². The van der Waals surface area contributed by atoms with Gasteiger partial charge in [-0.25, -0.2) is 0 Å². The third-order valence-electron chi connectivity index (χ3n) is 8.63. The molecule has 2 heterocycles. The predicted molar refractivity (Wildman–Crippen MR) is 165 cm³/mol. The number of carbonyl (C=O) groups excluding carboxylic acids is 1. The largest absolute Gasteiger partial charge is 0.493 e. The summed E-state index contributed by atoms with van der Waals surface area (Å²) in [7, 11) is 3.28. The van der Waals surface area contributed by atoms with Crippen LogP contribution in [0.4, 0.5) is 11.4 Å². The molecule has 7 rings (SSSR count). The molecule has 0 fully saturated rings. The Labute approximate surface area is 239 Å². The molecule has 0 amide bonds. The molecular weight excluding hydrogens is 510 g/mol. The van der Waals surface area contributed by atoms with Gasteiger partial charge in [0.15, 0.2) is 17.3 Å². The summed E-state index contributed by atoms with van der Waals surface area (Å²) in [6, 6.07) is 29.1. The number of rotatable bonds is 5. The van der Waals surface area contributed by atoms with Gasteiger partial charge in [0.05, 0.1) is 31.6 Å². The Balaban J connectivity index is 1.36. The molecule has 6 heteroatoms. The van der Waals surface area contributed by atoms with E-state index < -0.39 is 0 Å². The summed E-state index contributed by atoms with van der Waals surface area (Å²) < 4.78 is 13.4. The second kappa shape index (κ2) is 10.0. The molecule has 2 N–H and O–H groups in total. The standard InChI is InChI=1S/C35H33N3O3/c1-4-38-29-12-8-5-9-24(29)25-17-22(13-15-30(25)38)35-34-28(36-26-10-6-7-11-27(26)37-35)18-23(19-31(34)39)21-14-16-32(40-2)33(20-21)41-3/h5-17,20,23,35-37H,4,18-19H2,1-3H3/t23-,35-/m1/s1. The van der Waals surface area contributed by atoms with Gasteiger partial charge < -0.3 is 24.7 Å². The first-order valence-electron chi connectivity index (χ1n) is 14.2. The number of carbonyl (C=O) groups is 1. The van der Waals surface area contributed by atoms with Gasteiger partial charge in [0.2, 0.25) is 0 Å². The van der Waals surface area contributed by atoms with Gasteiger partial charge in [0.1, 0.15) is 0 Å². The molecule has 0 spiro atoms. The van der Waals surface area contributed by atoms with Crippen molar-refractivity contribution in [3.63, 3.8) is 0 Å². The molecule has 0 radical (unpaired) electrons. The normalized spacial score (nSPS) is 18.4. The zero-order valence-electron chi connectivity index (χ0n) is 23.5. The quantitative estimate of drug-likeness (QED) is 0.237. The molecule has 0 unspecified atom stereocenters. The summed E-state index contributed by atoms with van der Waals surface area (Å²) in [5.41, 5.74) is 8.35. The number of hydrogen-bond acceptors (Lipinski definition) is 5. The molecule has 6 nitrogen and oxygen atoms in total. The van der Waals surface area contributed by atoms with Crippen molar-refractivity contribution in [1.82, 2.24) is 4.57 Å². The van der Waals surface area contributed by atoms with Crippen LogP contribution in [0.2, 0.25) is 0 Å². The Kier molecular flexibility index (Phi) is 6.19. The van der Waals surface area contributed by atoms with Crippen molar-refractivity contribution in [2.45, 2.75) is 38.3 Å². The lowest BCUT2D eigenvalue weighted by Crippen LogP contribution is -2.26. The summed E-state index contributed by atoms with van der Waals surface area (Å²) in [4.78, 5) is 14.1. The maximum atomic E-state index is 14.1. The molecule has 5 aromatic rings. The fourth-order valence-electron chi connectivity index (χ4n) is 6.68. The molecule has 1 aromatic heterocycles. The molecule has 0 saturated carbocycles. The zero-order chi connectivity index (χ0) is 28.1. The number of allylic oxidation sites excluding steroid dienone is 1. The first kappa shape index (κ1) is 25.3. The van der Waals surface area contributed by atoms with Crippen LogP contribution in [0.1, 0.15) is 42.9 Å². The lowest BCUT2D eigenvalue weighted by atomic mass is 9.78. The summed E-state index contributed by atoms with van der Waals surface area (Å²) in [5, 5.41) is 9.84. The predicted octanol–water partition coefficient (Wildman–Crippen LogP) is 7.81. The zero-order valence-corrected chi connectivity index (χ0v) is 23.5. The molecule has 1 aliphatic heterocycles. The Morgan fingerprint density at radius 2 is 1.51 bits per heavy atom. The van der Waals surface area contributed by atoms with Gasteiger partial charge in [0, 0.05) is 46.0 Å². The number of benzene rings is 4. The van der Waals surface area contributed by atoms with Gasteiger partial charge >= 0.3 is 0 Å². The lowest BCUT2D eigenvalue weighted by Gasteiger charge is -2.30. The highest BCUT2D eigenvalue weighted by Crippen LogP contribution is 2.46. The van der Waals surface area contributed by atoms with E-state index in [1.807, 2.05) is 30.3 Å². The van der Waals surface area contributed by atoms with Gasteiger partial charge in [-0.3, -0.25) is 4.79 Å². The fourth-order valence-corrected chi connectivity index (χ4v) is 6.68. The number of para-hydroxylation sites is 3. The van der Waals surface area contributed by atoms with Crippen LogP contribution in [0, 0.1) is 0 Å². The molecule has 2 aliphatic rings. The Morgan fingerprint density at radius 3 is 2.32 bits per heavy atom. The van der Waals surface area contributed by atoms with Gasteiger partial charge in [-0.2, -0.15) is 0 Å². The van der Waals surface area contributed by atoms with Crippen molar-refractivity contribution < 1.29 is 14.3 Å². The minimum absolute atomic E-state index is 0.0319. The van der Waals surface area contributed by atoms with Crippen LogP contribution in [-0.4, -0.2) is 24.6 Å². The Morgan fingerprint density at radius 1 is 0.780 bits per heavy atom. The number of ketones is 1. The first-order valence-corrected chi connectivity index (χ1v) is 14.2. The van der Waals surface area contributed by atoms with E-state index in [2.05, 4.69) is 76.7 Å². The minimum atomic E-state index is -0.270. The van der Waals surface area contributed by atoms with Crippen LogP contribution in [0.15, 0.2) is 96.2 Å². The van der Waals surface area contributed by atoms with Crippen molar-refractivity contribution in [2.75, 3.05) is 24.9 Å². The van der Waals surface area contributed by atoms with Crippen LogP contribution >= 0.6 is 0 Å². The number of nitrogens with zero attached hydrogens (tertiary/aromatic N) is 1. The topological polar surface area (TPSA) is 64.5 Å². The first-order chi connectivity index (χ1) is 20.1. The van der Waals surface area contributed by atoms with Gasteiger partial charge in [0.25, 0.3) is 0 Å². The second-order valence-electron chi connectivity index (χ2n) is 10.8. The van der Waals surface area contributed by atoms with Crippen LogP contribution in [0.3, 0.4) is 0 Å². The second-order valence-corrected chi connectivity index (χ2v) is 10.8. The number of fused-ring (bicyclic) bond motifs is 4. The molecule has 206 valence electrons. The number of aryl methyl sites for hydroxylation is 1. The van der Waals surface area contributed by atoms with E-state index in [9.17, 15) is 4.79 Å². The number of nitrogens with one attached hydrogen (secondary N) is 2. The number of ether oxygens (including phenoxy) is 2. The summed E-state index contributed by atoms with van der Waals surface area (Å²) in [6.45, 7) is 3.08. The van der Waals surface area contributed by atoms with E-state index in [0.717, 1.165) is 46.7 Å². The van der Waals surface area contributed by atoms with E-state index in [1.165, 1.54) is 21.8 Å². The number of aromatic nitrogens is 1. The van der Waals surface area contributed by atoms with E-state index >= 15 is 0 Å². The molecule has 0 saturated heterocycles. The van der Waals surface area contributed by atoms with Gasteiger partial charge in [-0.15, -0.1) is 0 Å². The summed E-state index contributed by atoms with van der Waals surface area (Å²) in [6.07, 6.45) is 1.16. The Bertz CT molecular complexity index is 1850. The lowest BCUT2D eigenvalue weighted by molar-refractivity contribution is -0.116.